The van der Waals surface area contributed by atoms with Crippen LogP contribution in [0, 0.1) is 0 Å². The summed E-state index contributed by atoms with van der Waals surface area (Å²) in [6.45, 7) is 0. The average Bonchev–Trinajstić information content (AvgIpc) is 2.17. The van der Waals surface area contributed by atoms with Crippen molar-refractivity contribution in [2.45, 2.75) is 6.42 Å². The second kappa shape index (κ2) is 4.93. The first kappa shape index (κ1) is 11.7. The number of aryl methyl sites for hydroxylation is 1. The highest BCUT2D eigenvalue weighted by Crippen LogP contribution is 2.16. The molecular weight excluding hydrogens is 264 g/mol. The Hall–Kier alpha value is -1.36. The van der Waals surface area contributed by atoms with Gasteiger partial charge in [0.2, 0.25) is 0 Å². The maximum absolute atomic E-state index is 10.9. The number of hydrogen-bond donors (Lipinski definition) is 2. The monoisotopic (exact) mass is 272 g/mol. The van der Waals surface area contributed by atoms with Gasteiger partial charge in [0, 0.05) is 5.33 Å². The van der Waals surface area contributed by atoms with Crippen LogP contribution in [0.5, 0.6) is 0 Å². The van der Waals surface area contributed by atoms with Crippen molar-refractivity contribution in [2.24, 2.45) is 0 Å². The predicted molar refractivity (Wildman–Crippen MR) is 57.9 cm³/mol. The fraction of sp³-hybridized carbons (Fsp3) is 0.200. The van der Waals surface area contributed by atoms with E-state index in [9.17, 15) is 9.59 Å². The van der Waals surface area contributed by atoms with Gasteiger partial charge in [-0.05, 0) is 18.1 Å². The lowest BCUT2D eigenvalue weighted by atomic mass is 9.99. The first-order valence-electron chi connectivity index (χ1n) is 4.22. The van der Waals surface area contributed by atoms with Gasteiger partial charge in [-0.3, -0.25) is 0 Å². The Morgan fingerprint density at radius 2 is 1.87 bits per heavy atom. The lowest BCUT2D eigenvalue weighted by Crippen LogP contribution is -2.11. The zero-order valence-corrected chi connectivity index (χ0v) is 9.32. The Kier molecular flexibility index (Phi) is 3.85. The van der Waals surface area contributed by atoms with Gasteiger partial charge in [-0.15, -0.1) is 0 Å². The first-order chi connectivity index (χ1) is 7.07. The molecule has 1 aromatic carbocycles. The van der Waals surface area contributed by atoms with E-state index in [1.807, 2.05) is 0 Å². The summed E-state index contributed by atoms with van der Waals surface area (Å²) in [6.07, 6.45) is 0.489. The van der Waals surface area contributed by atoms with E-state index in [2.05, 4.69) is 15.9 Å². The van der Waals surface area contributed by atoms with E-state index in [4.69, 9.17) is 10.2 Å². The van der Waals surface area contributed by atoms with Crippen LogP contribution in [0.2, 0.25) is 0 Å². The van der Waals surface area contributed by atoms with Crippen molar-refractivity contribution in [2.75, 3.05) is 5.33 Å². The molecule has 80 valence electrons. The van der Waals surface area contributed by atoms with Crippen LogP contribution in [0.3, 0.4) is 0 Å². The van der Waals surface area contributed by atoms with Gasteiger partial charge in [0.15, 0.2) is 0 Å². The van der Waals surface area contributed by atoms with Crippen LogP contribution in [0.4, 0.5) is 0 Å². The molecule has 0 fully saturated rings. The van der Waals surface area contributed by atoms with Gasteiger partial charge >= 0.3 is 11.9 Å². The van der Waals surface area contributed by atoms with Gasteiger partial charge in [-0.2, -0.15) is 0 Å². The molecule has 0 saturated heterocycles. The summed E-state index contributed by atoms with van der Waals surface area (Å²) in [5, 5.41) is 18.4. The second-order valence-corrected chi connectivity index (χ2v) is 3.68. The minimum absolute atomic E-state index is 0.121. The van der Waals surface area contributed by atoms with Crippen LogP contribution in [0.25, 0.3) is 0 Å². The third-order valence-corrected chi connectivity index (χ3v) is 2.36. The van der Waals surface area contributed by atoms with Crippen LogP contribution in [-0.2, 0) is 6.42 Å². The smallest absolute Gasteiger partial charge is 0.336 e. The second-order valence-electron chi connectivity index (χ2n) is 2.89. The molecule has 4 nitrogen and oxygen atoms in total. The highest BCUT2D eigenvalue weighted by atomic mass is 79.9. The molecule has 0 saturated carbocycles. The van der Waals surface area contributed by atoms with Gasteiger partial charge < -0.3 is 10.2 Å². The van der Waals surface area contributed by atoms with Crippen LogP contribution in [0.15, 0.2) is 18.2 Å². The first-order valence-corrected chi connectivity index (χ1v) is 5.34. The SMILES string of the molecule is O=C(O)c1cccc(CCBr)c1C(=O)O. The Morgan fingerprint density at radius 3 is 2.33 bits per heavy atom. The van der Waals surface area contributed by atoms with Gasteiger partial charge in [0.1, 0.15) is 0 Å². The number of aromatic carboxylic acids is 2. The fourth-order valence-corrected chi connectivity index (χ4v) is 1.77. The Balaban J connectivity index is 3.34. The molecule has 5 heteroatoms. The number of halogens is 1. The summed E-state index contributed by atoms with van der Waals surface area (Å²) in [4.78, 5) is 21.8. The lowest BCUT2D eigenvalue weighted by Gasteiger charge is -2.07. The molecule has 0 unspecified atom stereocenters. The van der Waals surface area contributed by atoms with E-state index in [0.29, 0.717) is 17.3 Å². The van der Waals surface area contributed by atoms with E-state index in [-0.39, 0.29) is 11.1 Å². The highest BCUT2D eigenvalue weighted by Gasteiger charge is 2.18. The topological polar surface area (TPSA) is 74.6 Å². The number of carboxylic acid groups (broad SMARTS) is 2. The number of alkyl halides is 1. The Labute approximate surface area is 94.7 Å². The molecule has 0 bridgehead atoms. The average molecular weight is 273 g/mol. The third-order valence-electron chi connectivity index (χ3n) is 1.96. The van der Waals surface area contributed by atoms with Crippen LogP contribution < -0.4 is 0 Å². The van der Waals surface area contributed by atoms with Crippen molar-refractivity contribution in [1.29, 1.82) is 0 Å². The molecule has 0 radical (unpaired) electrons. The fourth-order valence-electron chi connectivity index (χ4n) is 1.34. The number of carbonyl (C=O) groups is 2. The van der Waals surface area contributed by atoms with Gasteiger partial charge in [0.05, 0.1) is 11.1 Å². The molecule has 0 atom stereocenters. The van der Waals surface area contributed by atoms with Gasteiger partial charge in [-0.25, -0.2) is 9.59 Å². The zero-order valence-electron chi connectivity index (χ0n) is 7.74. The van der Waals surface area contributed by atoms with Crippen LogP contribution >= 0.6 is 15.9 Å². The summed E-state index contributed by atoms with van der Waals surface area (Å²) in [5.41, 5.74) is 0.240. The number of benzene rings is 1. The Morgan fingerprint density at radius 1 is 1.20 bits per heavy atom. The van der Waals surface area contributed by atoms with E-state index in [0.717, 1.165) is 0 Å². The van der Waals surface area contributed by atoms with Crippen molar-refractivity contribution in [3.63, 3.8) is 0 Å². The standard InChI is InChI=1S/C10H9BrO4/c11-5-4-6-2-1-3-7(9(12)13)8(6)10(14)15/h1-3H,4-5H2,(H,12,13)(H,14,15). The normalized spacial score (nSPS) is 9.93. The van der Waals surface area contributed by atoms with E-state index < -0.39 is 11.9 Å². The minimum atomic E-state index is -1.22. The summed E-state index contributed by atoms with van der Waals surface area (Å²) in [5.74, 6) is -2.42. The largest absolute Gasteiger partial charge is 0.478 e. The molecule has 0 heterocycles. The van der Waals surface area contributed by atoms with E-state index >= 15 is 0 Å². The molecule has 0 aliphatic rings. The molecule has 15 heavy (non-hydrogen) atoms. The van der Waals surface area contributed by atoms with Crippen LogP contribution in [0.1, 0.15) is 26.3 Å². The predicted octanol–water partition coefficient (Wildman–Crippen LogP) is 2.02. The van der Waals surface area contributed by atoms with E-state index in [1.54, 1.807) is 12.1 Å². The minimum Gasteiger partial charge on any atom is -0.478 e. The van der Waals surface area contributed by atoms with Crippen molar-refractivity contribution < 1.29 is 19.8 Å². The summed E-state index contributed by atoms with van der Waals surface area (Å²) >= 11 is 3.19. The Bertz CT molecular complexity index is 400. The molecule has 2 N–H and O–H groups in total. The molecule has 1 rings (SSSR count). The molecule has 0 aliphatic heterocycles. The van der Waals surface area contributed by atoms with Gasteiger partial charge in [0.25, 0.3) is 0 Å². The number of hydrogen-bond acceptors (Lipinski definition) is 2. The number of rotatable bonds is 4. The van der Waals surface area contributed by atoms with Crippen LogP contribution in [-0.4, -0.2) is 27.5 Å². The molecule has 0 aliphatic carbocycles. The quantitative estimate of drug-likeness (QED) is 0.823. The molecule has 1 aromatic rings. The lowest BCUT2D eigenvalue weighted by molar-refractivity contribution is 0.0650. The molecule has 0 amide bonds. The molecule has 0 spiro atoms. The van der Waals surface area contributed by atoms with Gasteiger partial charge in [-0.1, -0.05) is 28.1 Å². The molecule has 0 aromatic heterocycles. The highest BCUT2D eigenvalue weighted by molar-refractivity contribution is 9.09. The zero-order chi connectivity index (χ0) is 11.4. The molecular formula is C10H9BrO4. The van der Waals surface area contributed by atoms with Crippen molar-refractivity contribution in [3.8, 4) is 0 Å². The maximum Gasteiger partial charge on any atom is 0.336 e. The maximum atomic E-state index is 10.9. The summed E-state index contributed by atoms with van der Waals surface area (Å²) < 4.78 is 0. The van der Waals surface area contributed by atoms with Crippen molar-refractivity contribution in [3.05, 3.63) is 34.9 Å². The summed E-state index contributed by atoms with van der Waals surface area (Å²) in [7, 11) is 0. The third kappa shape index (κ3) is 2.56. The van der Waals surface area contributed by atoms with Crippen molar-refractivity contribution >= 4 is 27.9 Å². The number of carboxylic acids is 2. The summed E-state index contributed by atoms with van der Waals surface area (Å²) in [6, 6.07) is 4.47. The van der Waals surface area contributed by atoms with Crippen molar-refractivity contribution in [1.82, 2.24) is 0 Å². The van der Waals surface area contributed by atoms with E-state index in [1.165, 1.54) is 6.07 Å².